The summed E-state index contributed by atoms with van der Waals surface area (Å²) >= 11 is 0. The van der Waals surface area contributed by atoms with Crippen LogP contribution < -0.4 is 10.2 Å². The quantitative estimate of drug-likeness (QED) is 0.431. The second-order valence-electron chi connectivity index (χ2n) is 8.03. The third-order valence-electron chi connectivity index (χ3n) is 5.62. The van der Waals surface area contributed by atoms with E-state index >= 15 is 0 Å². The summed E-state index contributed by atoms with van der Waals surface area (Å²) < 4.78 is 26.9. The molecule has 2 aromatic carbocycles. The van der Waals surface area contributed by atoms with Crippen molar-refractivity contribution in [2.75, 3.05) is 36.4 Å². The van der Waals surface area contributed by atoms with Crippen molar-refractivity contribution in [3.05, 3.63) is 93.7 Å². The molecule has 1 aliphatic rings. The SMILES string of the molecule is O=C(Nc1ccc(N2CCCN(Cc3cccc([N+](=O)[O-])c3)CC2)nc1)c1ccc(F)cc1F. The monoisotopic (exact) mass is 467 g/mol. The third kappa shape index (κ3) is 5.70. The number of non-ortho nitro benzene ring substituents is 1. The van der Waals surface area contributed by atoms with Gasteiger partial charge in [0.05, 0.1) is 22.4 Å². The first-order chi connectivity index (χ1) is 16.4. The van der Waals surface area contributed by atoms with E-state index in [1.165, 1.54) is 12.3 Å². The molecule has 1 amide bonds. The van der Waals surface area contributed by atoms with Crippen molar-refractivity contribution in [3.8, 4) is 0 Å². The van der Waals surface area contributed by atoms with Crippen LogP contribution in [0.3, 0.4) is 0 Å². The smallest absolute Gasteiger partial charge is 0.269 e. The molecule has 0 saturated carbocycles. The second-order valence-corrected chi connectivity index (χ2v) is 8.03. The van der Waals surface area contributed by atoms with Gasteiger partial charge in [0.2, 0.25) is 0 Å². The van der Waals surface area contributed by atoms with Crippen LogP contribution in [0.1, 0.15) is 22.3 Å². The topological polar surface area (TPSA) is 91.6 Å². The maximum absolute atomic E-state index is 13.8. The first kappa shape index (κ1) is 23.2. The fraction of sp³-hybridized carbons (Fsp3) is 0.250. The van der Waals surface area contributed by atoms with Gasteiger partial charge in [-0.15, -0.1) is 0 Å². The number of hydrogen-bond acceptors (Lipinski definition) is 6. The van der Waals surface area contributed by atoms with E-state index in [2.05, 4.69) is 20.1 Å². The van der Waals surface area contributed by atoms with Crippen molar-refractivity contribution >= 4 is 23.1 Å². The minimum absolute atomic E-state index is 0.0903. The summed E-state index contributed by atoms with van der Waals surface area (Å²) in [6.07, 6.45) is 2.40. The molecule has 0 radical (unpaired) electrons. The van der Waals surface area contributed by atoms with E-state index in [4.69, 9.17) is 0 Å². The summed E-state index contributed by atoms with van der Waals surface area (Å²) in [5, 5.41) is 13.6. The molecular formula is C24H23F2N5O3. The van der Waals surface area contributed by atoms with Crippen LogP contribution in [0.15, 0.2) is 60.8 Å². The molecule has 1 aliphatic heterocycles. The Morgan fingerprint density at radius 2 is 1.91 bits per heavy atom. The Kier molecular flexibility index (Phi) is 7.07. The number of aromatic nitrogens is 1. The van der Waals surface area contributed by atoms with Crippen LogP contribution in [0.2, 0.25) is 0 Å². The number of nitro groups is 1. The van der Waals surface area contributed by atoms with Gasteiger partial charge in [0.25, 0.3) is 11.6 Å². The molecule has 4 rings (SSSR count). The van der Waals surface area contributed by atoms with E-state index in [9.17, 15) is 23.7 Å². The second kappa shape index (κ2) is 10.3. The van der Waals surface area contributed by atoms with E-state index in [1.54, 1.807) is 24.3 Å². The Labute approximate surface area is 195 Å². The molecule has 0 spiro atoms. The molecule has 0 aliphatic carbocycles. The van der Waals surface area contributed by atoms with E-state index in [0.29, 0.717) is 18.3 Å². The third-order valence-corrected chi connectivity index (χ3v) is 5.62. The average Bonchev–Trinajstić information content (AvgIpc) is 3.05. The number of carbonyl (C=O) groups excluding carboxylic acids is 1. The largest absolute Gasteiger partial charge is 0.355 e. The highest BCUT2D eigenvalue weighted by Crippen LogP contribution is 2.20. The number of nitrogens with zero attached hydrogens (tertiary/aromatic N) is 4. The zero-order valence-electron chi connectivity index (χ0n) is 18.3. The van der Waals surface area contributed by atoms with E-state index < -0.39 is 17.5 Å². The molecule has 0 bridgehead atoms. The first-order valence-corrected chi connectivity index (χ1v) is 10.8. The van der Waals surface area contributed by atoms with Gasteiger partial charge in [-0.1, -0.05) is 12.1 Å². The Hall–Kier alpha value is -3.92. The van der Waals surface area contributed by atoms with Crippen LogP contribution in [0, 0.1) is 21.7 Å². The van der Waals surface area contributed by atoms with Gasteiger partial charge in [0, 0.05) is 50.9 Å². The summed E-state index contributed by atoms with van der Waals surface area (Å²) in [7, 11) is 0. The lowest BCUT2D eigenvalue weighted by molar-refractivity contribution is -0.384. The predicted octanol–water partition coefficient (Wildman–Crippen LogP) is 4.23. The molecule has 176 valence electrons. The van der Waals surface area contributed by atoms with Gasteiger partial charge in [0.1, 0.15) is 17.5 Å². The zero-order chi connectivity index (χ0) is 24.1. The number of pyridine rings is 1. The van der Waals surface area contributed by atoms with E-state index in [0.717, 1.165) is 56.1 Å². The number of carbonyl (C=O) groups is 1. The van der Waals surface area contributed by atoms with Crippen molar-refractivity contribution in [2.45, 2.75) is 13.0 Å². The van der Waals surface area contributed by atoms with Gasteiger partial charge < -0.3 is 10.2 Å². The predicted molar refractivity (Wildman–Crippen MR) is 124 cm³/mol. The highest BCUT2D eigenvalue weighted by Gasteiger charge is 2.18. The Morgan fingerprint density at radius 1 is 1.06 bits per heavy atom. The van der Waals surface area contributed by atoms with Crippen molar-refractivity contribution in [1.29, 1.82) is 0 Å². The summed E-state index contributed by atoms with van der Waals surface area (Å²) in [6.45, 7) is 3.79. The molecular weight excluding hydrogens is 444 g/mol. The number of rotatable bonds is 6. The first-order valence-electron chi connectivity index (χ1n) is 10.8. The number of anilines is 2. The van der Waals surface area contributed by atoms with E-state index in [1.807, 2.05) is 6.07 Å². The van der Waals surface area contributed by atoms with Crippen LogP contribution in [0.25, 0.3) is 0 Å². The lowest BCUT2D eigenvalue weighted by atomic mass is 10.2. The average molecular weight is 467 g/mol. The Morgan fingerprint density at radius 3 is 2.65 bits per heavy atom. The van der Waals surface area contributed by atoms with Gasteiger partial charge in [-0.25, -0.2) is 13.8 Å². The number of nitro benzene ring substituents is 1. The van der Waals surface area contributed by atoms with Crippen LogP contribution in [-0.4, -0.2) is 46.9 Å². The van der Waals surface area contributed by atoms with Crippen molar-refractivity contribution in [2.24, 2.45) is 0 Å². The number of hydrogen-bond donors (Lipinski definition) is 1. The number of benzene rings is 2. The van der Waals surface area contributed by atoms with Gasteiger partial charge in [-0.05, 0) is 36.2 Å². The Bertz CT molecular complexity index is 1190. The maximum atomic E-state index is 13.8. The summed E-state index contributed by atoms with van der Waals surface area (Å²) in [5.41, 5.74) is 1.15. The maximum Gasteiger partial charge on any atom is 0.269 e. The lowest BCUT2D eigenvalue weighted by Crippen LogP contribution is -2.31. The highest BCUT2D eigenvalue weighted by atomic mass is 19.1. The van der Waals surface area contributed by atoms with E-state index in [-0.39, 0.29) is 16.2 Å². The molecule has 3 aromatic rings. The summed E-state index contributed by atoms with van der Waals surface area (Å²) in [5.74, 6) is -1.61. The van der Waals surface area contributed by atoms with Gasteiger partial charge in [-0.2, -0.15) is 0 Å². The summed E-state index contributed by atoms with van der Waals surface area (Å²) in [4.78, 5) is 31.7. The molecule has 10 heteroatoms. The molecule has 1 fully saturated rings. The fourth-order valence-electron chi connectivity index (χ4n) is 3.90. The van der Waals surface area contributed by atoms with Crippen LogP contribution >= 0.6 is 0 Å². The highest BCUT2D eigenvalue weighted by molar-refractivity contribution is 6.04. The number of nitrogens with one attached hydrogen (secondary N) is 1. The fourth-order valence-corrected chi connectivity index (χ4v) is 3.90. The standard InChI is InChI=1S/C24H23F2N5O3/c25-18-5-7-21(22(26)14-18)24(32)28-19-6-8-23(27-15-19)30-10-2-9-29(11-12-30)16-17-3-1-4-20(13-17)31(33)34/h1,3-8,13-15H,2,9-12,16H2,(H,28,32). The minimum atomic E-state index is -0.929. The van der Waals surface area contributed by atoms with Crippen molar-refractivity contribution in [1.82, 2.24) is 9.88 Å². The molecule has 0 atom stereocenters. The molecule has 1 N–H and O–H groups in total. The minimum Gasteiger partial charge on any atom is -0.355 e. The molecule has 1 aromatic heterocycles. The number of halogens is 2. The van der Waals surface area contributed by atoms with Gasteiger partial charge in [0.15, 0.2) is 0 Å². The van der Waals surface area contributed by atoms with Crippen molar-refractivity contribution < 1.29 is 18.5 Å². The molecule has 1 saturated heterocycles. The normalized spacial score (nSPS) is 14.5. The van der Waals surface area contributed by atoms with Crippen LogP contribution in [-0.2, 0) is 6.54 Å². The zero-order valence-corrected chi connectivity index (χ0v) is 18.3. The molecule has 8 nitrogen and oxygen atoms in total. The Balaban J connectivity index is 1.34. The summed E-state index contributed by atoms with van der Waals surface area (Å²) in [6, 6.07) is 12.9. The lowest BCUT2D eigenvalue weighted by Gasteiger charge is -2.23. The molecule has 34 heavy (non-hydrogen) atoms. The van der Waals surface area contributed by atoms with Crippen molar-refractivity contribution in [3.63, 3.8) is 0 Å². The van der Waals surface area contributed by atoms with Gasteiger partial charge >= 0.3 is 0 Å². The van der Waals surface area contributed by atoms with Crippen LogP contribution in [0.4, 0.5) is 26.0 Å². The van der Waals surface area contributed by atoms with Crippen LogP contribution in [0.5, 0.6) is 0 Å². The molecule has 2 heterocycles. The van der Waals surface area contributed by atoms with Gasteiger partial charge in [-0.3, -0.25) is 19.8 Å². The number of amides is 1. The molecule has 0 unspecified atom stereocenters.